The van der Waals surface area contributed by atoms with Gasteiger partial charge in [0.1, 0.15) is 6.10 Å². The van der Waals surface area contributed by atoms with Crippen molar-refractivity contribution < 1.29 is 19.7 Å². The molecule has 0 radical (unpaired) electrons. The summed E-state index contributed by atoms with van der Waals surface area (Å²) in [5.74, 6) is 1.27. The number of unbranched alkanes of at least 4 members (excludes halogenated alkanes) is 1. The van der Waals surface area contributed by atoms with E-state index >= 15 is 0 Å². The van der Waals surface area contributed by atoms with Gasteiger partial charge in [0, 0.05) is 18.2 Å². The molecule has 1 spiro atoms. The number of benzene rings is 2. The molecule has 2 aromatic rings. The molecular weight excluding hydrogens is 488 g/mol. The Morgan fingerprint density at radius 3 is 2.77 bits per heavy atom. The largest absolute Gasteiger partial charge is 0.504 e. The van der Waals surface area contributed by atoms with Gasteiger partial charge in [0.25, 0.3) is 0 Å². The molecule has 7 rings (SSSR count). The zero-order chi connectivity index (χ0) is 26.9. The zero-order valence-electron chi connectivity index (χ0n) is 23.3. The number of aliphatic hydroxyl groups is 1. The van der Waals surface area contributed by atoms with Crippen LogP contribution >= 0.6 is 0 Å². The van der Waals surface area contributed by atoms with E-state index in [1.54, 1.807) is 6.07 Å². The third-order valence-corrected chi connectivity index (χ3v) is 10.8. The van der Waals surface area contributed by atoms with Crippen LogP contribution in [0.1, 0.15) is 86.5 Å². The first-order valence-corrected chi connectivity index (χ1v) is 15.2. The van der Waals surface area contributed by atoms with Gasteiger partial charge in [-0.25, -0.2) is 0 Å². The van der Waals surface area contributed by atoms with Crippen molar-refractivity contribution in [2.75, 3.05) is 13.1 Å². The first-order chi connectivity index (χ1) is 18.9. The van der Waals surface area contributed by atoms with Crippen LogP contribution in [0.5, 0.6) is 11.5 Å². The van der Waals surface area contributed by atoms with E-state index in [0.717, 1.165) is 67.8 Å². The number of aromatic hydroxyl groups is 1. The van der Waals surface area contributed by atoms with E-state index in [1.165, 1.54) is 18.4 Å². The van der Waals surface area contributed by atoms with Gasteiger partial charge in [-0.05, 0) is 87.1 Å². The molecule has 39 heavy (non-hydrogen) atoms. The molecule has 6 heteroatoms. The summed E-state index contributed by atoms with van der Waals surface area (Å²) in [5, 5.41) is 27.0. The van der Waals surface area contributed by atoms with Gasteiger partial charge in [0.2, 0.25) is 5.91 Å². The number of aryl methyl sites for hydroxylation is 1. The molecule has 2 heterocycles. The molecule has 1 unspecified atom stereocenters. The summed E-state index contributed by atoms with van der Waals surface area (Å²) in [6.07, 6.45) is 7.89. The average Bonchev–Trinajstić information content (AvgIpc) is 3.66. The van der Waals surface area contributed by atoms with Crippen molar-refractivity contribution in [1.82, 2.24) is 10.2 Å². The molecule has 208 valence electrons. The second-order valence-electron chi connectivity index (χ2n) is 13.0. The van der Waals surface area contributed by atoms with E-state index in [0.29, 0.717) is 18.6 Å². The average molecular weight is 531 g/mol. The molecule has 2 saturated carbocycles. The number of phenols is 1. The number of nitrogens with one attached hydrogen (secondary N) is 1. The second-order valence-corrected chi connectivity index (χ2v) is 13.0. The smallest absolute Gasteiger partial charge is 0.227 e. The number of amides is 1. The summed E-state index contributed by atoms with van der Waals surface area (Å²) in [6, 6.07) is 11.8. The molecule has 6 nitrogen and oxygen atoms in total. The first kappa shape index (κ1) is 25.4. The van der Waals surface area contributed by atoms with Crippen LogP contribution in [0.3, 0.4) is 0 Å². The SMILES string of the molecule is CCCCC(C(=O)N[C@@H]1CC[C@@]2(O)[C@H]3Cc4ccc(O)c5c4[C@@]2(CCN3CC2CC2)[C@H]1O5)c1ccccc1C. The Labute approximate surface area is 231 Å². The summed E-state index contributed by atoms with van der Waals surface area (Å²) < 4.78 is 6.66. The maximum absolute atomic E-state index is 14.0. The van der Waals surface area contributed by atoms with Crippen LogP contribution in [-0.2, 0) is 16.6 Å². The lowest BCUT2D eigenvalue weighted by Gasteiger charge is -2.64. The van der Waals surface area contributed by atoms with Crippen molar-refractivity contribution in [3.8, 4) is 11.5 Å². The number of piperidine rings is 1. The van der Waals surface area contributed by atoms with Gasteiger partial charge in [0.05, 0.1) is 23.0 Å². The molecule has 6 atom stereocenters. The fourth-order valence-corrected chi connectivity index (χ4v) is 8.73. The number of ether oxygens (including phenoxy) is 1. The molecule has 2 bridgehead atoms. The van der Waals surface area contributed by atoms with Gasteiger partial charge < -0.3 is 20.3 Å². The summed E-state index contributed by atoms with van der Waals surface area (Å²) in [4.78, 5) is 16.6. The van der Waals surface area contributed by atoms with Crippen molar-refractivity contribution in [2.24, 2.45) is 5.92 Å². The van der Waals surface area contributed by atoms with Gasteiger partial charge in [-0.15, -0.1) is 0 Å². The molecule has 3 aliphatic carbocycles. The van der Waals surface area contributed by atoms with Crippen molar-refractivity contribution in [3.63, 3.8) is 0 Å². The molecule has 2 aliphatic heterocycles. The minimum absolute atomic E-state index is 0.0434. The second kappa shape index (κ2) is 9.24. The minimum atomic E-state index is -0.935. The van der Waals surface area contributed by atoms with Crippen LogP contribution in [0.15, 0.2) is 36.4 Å². The van der Waals surface area contributed by atoms with Crippen molar-refractivity contribution in [3.05, 3.63) is 58.7 Å². The van der Waals surface area contributed by atoms with Crippen molar-refractivity contribution in [1.29, 1.82) is 0 Å². The lowest BCUT2D eigenvalue weighted by Crippen LogP contribution is -2.78. The summed E-state index contributed by atoms with van der Waals surface area (Å²) in [5.41, 5.74) is 2.89. The third-order valence-electron chi connectivity index (χ3n) is 10.8. The highest BCUT2D eigenvalue weighted by Crippen LogP contribution is 2.65. The Morgan fingerprint density at radius 2 is 2.00 bits per heavy atom. The fraction of sp³-hybridized carbons (Fsp3) is 0.606. The highest BCUT2D eigenvalue weighted by Gasteiger charge is 2.73. The first-order valence-electron chi connectivity index (χ1n) is 15.2. The molecule has 3 fully saturated rings. The fourth-order valence-electron chi connectivity index (χ4n) is 8.73. The van der Waals surface area contributed by atoms with Gasteiger partial charge in [-0.2, -0.15) is 0 Å². The van der Waals surface area contributed by atoms with E-state index in [1.807, 2.05) is 18.2 Å². The van der Waals surface area contributed by atoms with E-state index in [9.17, 15) is 15.0 Å². The van der Waals surface area contributed by atoms with Crippen LogP contribution in [0.25, 0.3) is 0 Å². The third kappa shape index (κ3) is 3.70. The Balaban J connectivity index is 1.24. The highest BCUT2D eigenvalue weighted by atomic mass is 16.5. The highest BCUT2D eigenvalue weighted by molar-refractivity contribution is 5.84. The van der Waals surface area contributed by atoms with Gasteiger partial charge in [-0.3, -0.25) is 9.69 Å². The van der Waals surface area contributed by atoms with E-state index in [4.69, 9.17) is 4.74 Å². The molecule has 5 aliphatic rings. The number of rotatable bonds is 8. The number of phenolic OH excluding ortho intramolecular Hbond substituents is 1. The molecular formula is C33H42N2O4. The van der Waals surface area contributed by atoms with Crippen LogP contribution in [0.2, 0.25) is 0 Å². The summed E-state index contributed by atoms with van der Waals surface area (Å²) in [7, 11) is 0. The molecule has 3 N–H and O–H groups in total. The summed E-state index contributed by atoms with van der Waals surface area (Å²) in [6.45, 7) is 6.22. The van der Waals surface area contributed by atoms with Crippen molar-refractivity contribution >= 4 is 5.91 Å². The van der Waals surface area contributed by atoms with E-state index in [2.05, 4.69) is 36.2 Å². The van der Waals surface area contributed by atoms with Crippen molar-refractivity contribution in [2.45, 2.75) is 107 Å². The normalized spacial score (nSPS) is 33.3. The van der Waals surface area contributed by atoms with Gasteiger partial charge in [0.15, 0.2) is 11.5 Å². The number of carbonyl (C=O) groups excluding carboxylic acids is 1. The Morgan fingerprint density at radius 1 is 1.18 bits per heavy atom. The molecule has 2 aromatic carbocycles. The standard InChI is InChI=1S/C33H42N2O4/c1-3-4-8-24(23-9-6-5-7-20(23)2)31(37)34-25-14-15-33(38)27-18-22-12-13-26(36)29-28(22)32(33,30(25)39-29)16-17-35(27)19-21-10-11-21/h5-7,9,12-13,21,24-25,27,30,36,38H,3-4,8,10-11,14-19H2,1-2H3,(H,34,37)/t24?,25-,27-,30+,32+,33-/m1/s1. The Bertz CT molecular complexity index is 1290. The predicted octanol–water partition coefficient (Wildman–Crippen LogP) is 4.72. The van der Waals surface area contributed by atoms with Crippen LogP contribution in [0.4, 0.5) is 0 Å². The molecule has 1 amide bonds. The van der Waals surface area contributed by atoms with Gasteiger partial charge >= 0.3 is 0 Å². The van der Waals surface area contributed by atoms with Crippen LogP contribution in [0, 0.1) is 12.8 Å². The number of hydrogen-bond acceptors (Lipinski definition) is 5. The number of hydrogen-bond donors (Lipinski definition) is 3. The quantitative estimate of drug-likeness (QED) is 0.460. The van der Waals surface area contributed by atoms with E-state index in [-0.39, 0.29) is 29.7 Å². The topological polar surface area (TPSA) is 82.0 Å². The zero-order valence-corrected chi connectivity index (χ0v) is 23.3. The predicted molar refractivity (Wildman–Crippen MR) is 150 cm³/mol. The lowest BCUT2D eigenvalue weighted by atomic mass is 9.48. The number of nitrogens with zero attached hydrogens (tertiary/aromatic N) is 1. The molecule has 1 saturated heterocycles. The minimum Gasteiger partial charge on any atom is -0.504 e. The number of carbonyl (C=O) groups is 1. The van der Waals surface area contributed by atoms with Gasteiger partial charge in [-0.1, -0.05) is 50.1 Å². The van der Waals surface area contributed by atoms with Crippen LogP contribution in [-0.4, -0.2) is 57.9 Å². The Kier molecular flexibility index (Phi) is 6.02. The van der Waals surface area contributed by atoms with Crippen LogP contribution < -0.4 is 10.1 Å². The van der Waals surface area contributed by atoms with E-state index < -0.39 is 17.1 Å². The molecule has 0 aromatic heterocycles. The monoisotopic (exact) mass is 530 g/mol. The lowest BCUT2D eigenvalue weighted by molar-refractivity contribution is -0.192. The number of likely N-dealkylation sites (tertiary alicyclic amines) is 1. The summed E-state index contributed by atoms with van der Waals surface area (Å²) >= 11 is 0. The maximum Gasteiger partial charge on any atom is 0.227 e. The maximum atomic E-state index is 14.0. The Hall–Kier alpha value is -2.57.